The van der Waals surface area contributed by atoms with Gasteiger partial charge in [-0.25, -0.2) is 4.98 Å². The Morgan fingerprint density at radius 3 is 2.71 bits per heavy atom. The molecule has 0 aliphatic carbocycles. The van der Waals surface area contributed by atoms with Gasteiger partial charge in [-0.15, -0.1) is 0 Å². The molecular formula is C14H16N6O. The highest BCUT2D eigenvalue weighted by Crippen LogP contribution is 2.19. The first-order valence-corrected chi connectivity index (χ1v) is 6.48. The highest BCUT2D eigenvalue weighted by molar-refractivity contribution is 5.82. The topological polar surface area (TPSA) is 92.9 Å². The zero-order valence-corrected chi connectivity index (χ0v) is 11.9. The summed E-state index contributed by atoms with van der Waals surface area (Å²) in [6, 6.07) is 7.86. The normalized spacial score (nSPS) is 10.8. The minimum Gasteiger partial charge on any atom is -0.497 e. The Balaban J connectivity index is 1.83. The van der Waals surface area contributed by atoms with E-state index in [1.54, 1.807) is 13.4 Å². The Morgan fingerprint density at radius 1 is 1.24 bits per heavy atom. The fraction of sp³-hybridized carbons (Fsp3) is 0.214. The zero-order chi connectivity index (χ0) is 14.8. The number of ether oxygens (including phenoxy) is 1. The first-order chi connectivity index (χ1) is 10.2. The number of rotatable bonds is 4. The summed E-state index contributed by atoms with van der Waals surface area (Å²) in [4.78, 5) is 17.7. The van der Waals surface area contributed by atoms with Gasteiger partial charge in [0.2, 0.25) is 5.95 Å². The molecule has 0 aliphatic heterocycles. The first kappa shape index (κ1) is 13.2. The van der Waals surface area contributed by atoms with Gasteiger partial charge in [0.1, 0.15) is 11.3 Å². The lowest BCUT2D eigenvalue weighted by Gasteiger charge is -2.17. The predicted octanol–water partition coefficient (Wildman–Crippen LogP) is 1.58. The minimum atomic E-state index is 0.397. The van der Waals surface area contributed by atoms with Gasteiger partial charge in [-0.05, 0) is 17.7 Å². The van der Waals surface area contributed by atoms with Crippen LogP contribution in [0, 0.1) is 0 Å². The number of anilines is 2. The number of hydrogen-bond acceptors (Lipinski definition) is 6. The van der Waals surface area contributed by atoms with E-state index in [1.165, 1.54) is 0 Å². The molecule has 3 aromatic rings. The van der Waals surface area contributed by atoms with Crippen molar-refractivity contribution in [3.05, 3.63) is 36.2 Å². The number of methoxy groups -OCH3 is 1. The molecule has 0 bridgehead atoms. The first-order valence-electron chi connectivity index (χ1n) is 6.48. The van der Waals surface area contributed by atoms with Crippen LogP contribution in [0.3, 0.4) is 0 Å². The predicted molar refractivity (Wildman–Crippen MR) is 81.2 cm³/mol. The molecule has 0 unspecified atom stereocenters. The van der Waals surface area contributed by atoms with Gasteiger partial charge in [-0.1, -0.05) is 12.1 Å². The quantitative estimate of drug-likeness (QED) is 0.755. The maximum Gasteiger partial charge on any atom is 0.229 e. The second-order valence-electron chi connectivity index (χ2n) is 4.71. The van der Waals surface area contributed by atoms with E-state index in [1.807, 2.05) is 36.2 Å². The molecule has 3 rings (SSSR count). The van der Waals surface area contributed by atoms with Crippen molar-refractivity contribution >= 4 is 22.9 Å². The Hall–Kier alpha value is -2.83. The molecule has 0 saturated carbocycles. The van der Waals surface area contributed by atoms with E-state index in [2.05, 4.69) is 19.9 Å². The highest BCUT2D eigenvalue weighted by Gasteiger charge is 2.11. The van der Waals surface area contributed by atoms with Crippen LogP contribution in [0.25, 0.3) is 11.2 Å². The van der Waals surface area contributed by atoms with E-state index in [0.717, 1.165) is 11.3 Å². The van der Waals surface area contributed by atoms with Crippen LogP contribution in [0.5, 0.6) is 5.75 Å². The Kier molecular flexibility index (Phi) is 3.31. The summed E-state index contributed by atoms with van der Waals surface area (Å²) in [5, 5.41) is 0. The lowest BCUT2D eigenvalue weighted by Crippen LogP contribution is -2.19. The second-order valence-corrected chi connectivity index (χ2v) is 4.71. The SMILES string of the molecule is COc1ccc(CN(C)c2nc(N)c3[nH]cnc3n2)cc1. The van der Waals surface area contributed by atoms with Crippen LogP contribution in [-0.2, 0) is 6.54 Å². The molecule has 2 aromatic heterocycles. The molecule has 0 aliphatic rings. The number of nitrogens with two attached hydrogens (primary N) is 1. The van der Waals surface area contributed by atoms with Gasteiger partial charge < -0.3 is 20.4 Å². The molecule has 3 N–H and O–H groups in total. The number of hydrogen-bond donors (Lipinski definition) is 2. The van der Waals surface area contributed by atoms with Gasteiger partial charge >= 0.3 is 0 Å². The van der Waals surface area contributed by atoms with Crippen molar-refractivity contribution in [3.8, 4) is 5.75 Å². The summed E-state index contributed by atoms with van der Waals surface area (Å²) in [6.45, 7) is 0.666. The molecule has 0 radical (unpaired) electrons. The van der Waals surface area contributed by atoms with Crippen molar-refractivity contribution in [3.63, 3.8) is 0 Å². The minimum absolute atomic E-state index is 0.397. The number of benzene rings is 1. The molecule has 1 aromatic carbocycles. The van der Waals surface area contributed by atoms with Crippen LogP contribution in [-0.4, -0.2) is 34.1 Å². The van der Waals surface area contributed by atoms with Crippen LogP contribution in [0.2, 0.25) is 0 Å². The summed E-state index contributed by atoms with van der Waals surface area (Å²) in [6.07, 6.45) is 1.56. The van der Waals surface area contributed by atoms with Gasteiger partial charge in [0.15, 0.2) is 11.5 Å². The average molecular weight is 284 g/mol. The number of nitrogens with one attached hydrogen (secondary N) is 1. The molecule has 7 heteroatoms. The van der Waals surface area contributed by atoms with Crippen molar-refractivity contribution < 1.29 is 4.74 Å². The van der Waals surface area contributed by atoms with Gasteiger partial charge in [-0.3, -0.25) is 0 Å². The van der Waals surface area contributed by atoms with E-state index < -0.39 is 0 Å². The zero-order valence-electron chi connectivity index (χ0n) is 11.9. The van der Waals surface area contributed by atoms with Crippen molar-refractivity contribution in [1.29, 1.82) is 0 Å². The average Bonchev–Trinajstić information content (AvgIpc) is 2.97. The van der Waals surface area contributed by atoms with E-state index in [0.29, 0.717) is 29.5 Å². The molecule has 0 saturated heterocycles. The summed E-state index contributed by atoms with van der Waals surface area (Å²) in [7, 11) is 3.56. The maximum absolute atomic E-state index is 5.90. The third-order valence-corrected chi connectivity index (χ3v) is 3.22. The Labute approximate surface area is 121 Å². The smallest absolute Gasteiger partial charge is 0.229 e. The third-order valence-electron chi connectivity index (χ3n) is 3.22. The summed E-state index contributed by atoms with van der Waals surface area (Å²) in [5.74, 6) is 1.77. The number of fused-ring (bicyclic) bond motifs is 1. The standard InChI is InChI=1S/C14H16N6O/c1-20(7-9-3-5-10(21-2)6-4-9)14-18-12(15)11-13(19-14)17-8-16-11/h3-6,8H,7H2,1-2H3,(H3,15,16,17,18,19). The summed E-state index contributed by atoms with van der Waals surface area (Å²) < 4.78 is 5.15. The van der Waals surface area contributed by atoms with Crippen LogP contribution in [0.4, 0.5) is 11.8 Å². The lowest BCUT2D eigenvalue weighted by atomic mass is 10.2. The van der Waals surface area contributed by atoms with Crippen molar-refractivity contribution in [2.75, 3.05) is 24.8 Å². The fourth-order valence-electron chi connectivity index (χ4n) is 2.09. The van der Waals surface area contributed by atoms with Crippen LogP contribution in [0.15, 0.2) is 30.6 Å². The molecule has 0 spiro atoms. The Bertz CT molecular complexity index is 752. The van der Waals surface area contributed by atoms with Crippen LogP contribution >= 0.6 is 0 Å². The molecule has 2 heterocycles. The van der Waals surface area contributed by atoms with Crippen molar-refractivity contribution in [2.45, 2.75) is 6.54 Å². The highest BCUT2D eigenvalue weighted by atomic mass is 16.5. The van der Waals surface area contributed by atoms with Crippen LogP contribution in [0.1, 0.15) is 5.56 Å². The van der Waals surface area contributed by atoms with E-state index in [4.69, 9.17) is 10.5 Å². The van der Waals surface area contributed by atoms with Gasteiger partial charge in [-0.2, -0.15) is 9.97 Å². The molecule has 0 fully saturated rings. The number of nitrogen functional groups attached to an aromatic ring is 1. The van der Waals surface area contributed by atoms with Crippen molar-refractivity contribution in [1.82, 2.24) is 19.9 Å². The molecule has 21 heavy (non-hydrogen) atoms. The largest absolute Gasteiger partial charge is 0.497 e. The lowest BCUT2D eigenvalue weighted by molar-refractivity contribution is 0.414. The van der Waals surface area contributed by atoms with Gasteiger partial charge in [0, 0.05) is 13.6 Å². The molecule has 7 nitrogen and oxygen atoms in total. The molecule has 0 atom stereocenters. The second kappa shape index (κ2) is 5.28. The molecule has 108 valence electrons. The summed E-state index contributed by atoms with van der Waals surface area (Å²) >= 11 is 0. The number of aromatic amines is 1. The molecule has 0 amide bonds. The van der Waals surface area contributed by atoms with Gasteiger partial charge in [0.05, 0.1) is 13.4 Å². The van der Waals surface area contributed by atoms with E-state index >= 15 is 0 Å². The van der Waals surface area contributed by atoms with E-state index in [-0.39, 0.29) is 0 Å². The van der Waals surface area contributed by atoms with Crippen molar-refractivity contribution in [2.24, 2.45) is 0 Å². The number of aromatic nitrogens is 4. The Morgan fingerprint density at radius 2 is 2.00 bits per heavy atom. The summed E-state index contributed by atoms with van der Waals surface area (Å²) in [5.41, 5.74) is 8.26. The van der Waals surface area contributed by atoms with Crippen LogP contribution < -0.4 is 15.4 Å². The third kappa shape index (κ3) is 2.58. The molecular weight excluding hydrogens is 268 g/mol. The monoisotopic (exact) mass is 284 g/mol. The van der Waals surface area contributed by atoms with Gasteiger partial charge in [0.25, 0.3) is 0 Å². The maximum atomic E-state index is 5.90. The van der Waals surface area contributed by atoms with E-state index in [9.17, 15) is 0 Å². The number of nitrogens with zero attached hydrogens (tertiary/aromatic N) is 4. The number of imidazole rings is 1. The fourth-order valence-corrected chi connectivity index (χ4v) is 2.09. The number of H-pyrrole nitrogens is 1.